The number of amides is 3. The normalized spacial score (nSPS) is 12.4. The van der Waals surface area contributed by atoms with Crippen LogP contribution in [0, 0.1) is 0 Å². The molecule has 8 N–H and O–H groups in total. The van der Waals surface area contributed by atoms with E-state index in [1.807, 2.05) is 61.5 Å². The molecule has 2 aromatic rings. The molecule has 2 aromatic carbocycles. The Bertz CT molecular complexity index is 961. The first kappa shape index (κ1) is 28.8. The van der Waals surface area contributed by atoms with Crippen molar-refractivity contribution < 1.29 is 14.4 Å². The van der Waals surface area contributed by atoms with E-state index in [4.69, 9.17) is 17.2 Å². The van der Waals surface area contributed by atoms with Crippen LogP contribution in [0.25, 0.3) is 0 Å². The summed E-state index contributed by atoms with van der Waals surface area (Å²) >= 11 is 0. The fourth-order valence-corrected chi connectivity index (χ4v) is 3.66. The van der Waals surface area contributed by atoms with Gasteiger partial charge in [-0.2, -0.15) is 0 Å². The number of nitrogens with zero attached hydrogens (tertiary/aromatic N) is 2. The molecular weight excluding hydrogens is 458 g/mol. The van der Waals surface area contributed by atoms with Crippen molar-refractivity contribution in [3.8, 4) is 0 Å². The zero-order valence-electron chi connectivity index (χ0n) is 21.2. The van der Waals surface area contributed by atoms with Crippen molar-refractivity contribution in [1.29, 1.82) is 0 Å². The monoisotopic (exact) mass is 497 g/mol. The molecule has 0 radical (unpaired) electrons. The van der Waals surface area contributed by atoms with Gasteiger partial charge in [-0.05, 0) is 42.7 Å². The molecule has 2 atom stereocenters. The summed E-state index contributed by atoms with van der Waals surface area (Å²) in [5.74, 6) is -1.23. The van der Waals surface area contributed by atoms with Crippen molar-refractivity contribution in [1.82, 2.24) is 10.2 Å². The lowest BCUT2D eigenvalue weighted by atomic mass is 10.0. The van der Waals surface area contributed by atoms with Crippen LogP contribution in [0.1, 0.15) is 18.4 Å². The third-order valence-electron chi connectivity index (χ3n) is 5.73. The topological polar surface area (TPSA) is 160 Å². The van der Waals surface area contributed by atoms with Gasteiger partial charge in [-0.1, -0.05) is 30.3 Å². The first-order chi connectivity index (χ1) is 17.2. The van der Waals surface area contributed by atoms with Crippen LogP contribution >= 0.6 is 0 Å². The number of hydrogen-bond acceptors (Lipinski definition) is 7. The quantitative estimate of drug-likeness (QED) is 0.250. The number of anilines is 2. The molecular formula is C26H39N7O3. The number of aryl methyl sites for hydroxylation is 1. The summed E-state index contributed by atoms with van der Waals surface area (Å²) in [4.78, 5) is 42.0. The standard InChI is InChI=1S/C26H39N7O3/c1-32(2)21-11-9-20(10-12-21)30-26(36)23(13-8-19-6-4-3-5-7-19)31-25(35)22(29)18-24(34)33(16-14-27)17-15-28/h3-7,9-12,22-23H,8,13-18,27-29H2,1-2H3,(H,30,36)(H,31,35). The highest BCUT2D eigenvalue weighted by molar-refractivity contribution is 5.98. The molecule has 0 heterocycles. The van der Waals surface area contributed by atoms with Crippen molar-refractivity contribution in [3.63, 3.8) is 0 Å². The van der Waals surface area contributed by atoms with Gasteiger partial charge in [0.1, 0.15) is 6.04 Å². The van der Waals surface area contributed by atoms with Gasteiger partial charge in [0, 0.05) is 51.6 Å². The number of nitrogens with two attached hydrogens (primary N) is 3. The van der Waals surface area contributed by atoms with Crippen molar-refractivity contribution in [2.24, 2.45) is 17.2 Å². The van der Waals surface area contributed by atoms with E-state index < -0.39 is 18.0 Å². The molecule has 0 bridgehead atoms. The lowest BCUT2D eigenvalue weighted by Crippen LogP contribution is -2.52. The minimum atomic E-state index is -1.11. The van der Waals surface area contributed by atoms with Gasteiger partial charge in [0.2, 0.25) is 17.7 Å². The summed E-state index contributed by atoms with van der Waals surface area (Å²) in [5, 5.41) is 5.61. The van der Waals surface area contributed by atoms with E-state index in [0.717, 1.165) is 11.3 Å². The Morgan fingerprint density at radius 3 is 2.06 bits per heavy atom. The van der Waals surface area contributed by atoms with Gasteiger partial charge in [0.05, 0.1) is 12.5 Å². The molecule has 2 rings (SSSR count). The third kappa shape index (κ3) is 9.29. The Balaban J connectivity index is 2.08. The molecule has 0 fully saturated rings. The minimum Gasteiger partial charge on any atom is -0.378 e. The highest BCUT2D eigenvalue weighted by atomic mass is 16.2. The fraction of sp³-hybridized carbons (Fsp3) is 0.423. The Morgan fingerprint density at radius 2 is 1.50 bits per heavy atom. The zero-order valence-corrected chi connectivity index (χ0v) is 21.2. The first-order valence-corrected chi connectivity index (χ1v) is 12.1. The highest BCUT2D eigenvalue weighted by Crippen LogP contribution is 2.16. The Hall–Kier alpha value is -3.47. The molecule has 0 spiro atoms. The van der Waals surface area contributed by atoms with Crippen LogP contribution in [0.4, 0.5) is 11.4 Å². The molecule has 0 aliphatic carbocycles. The first-order valence-electron chi connectivity index (χ1n) is 12.1. The Labute approximate surface area is 213 Å². The number of carbonyl (C=O) groups excluding carboxylic acids is 3. The number of benzene rings is 2. The van der Waals surface area contributed by atoms with Crippen molar-refractivity contribution >= 4 is 29.1 Å². The van der Waals surface area contributed by atoms with Crippen LogP contribution in [0.3, 0.4) is 0 Å². The maximum Gasteiger partial charge on any atom is 0.246 e. The van der Waals surface area contributed by atoms with E-state index >= 15 is 0 Å². The lowest BCUT2D eigenvalue weighted by molar-refractivity contribution is -0.134. The zero-order chi connectivity index (χ0) is 26.5. The van der Waals surface area contributed by atoms with Crippen molar-refractivity contribution in [2.45, 2.75) is 31.3 Å². The summed E-state index contributed by atoms with van der Waals surface area (Å²) in [7, 11) is 3.87. The number of carbonyl (C=O) groups is 3. The third-order valence-corrected chi connectivity index (χ3v) is 5.73. The van der Waals surface area contributed by atoms with Crippen LogP contribution in [-0.2, 0) is 20.8 Å². The van der Waals surface area contributed by atoms with Gasteiger partial charge in [0.25, 0.3) is 0 Å². The van der Waals surface area contributed by atoms with Crippen molar-refractivity contribution in [2.75, 3.05) is 50.5 Å². The molecule has 10 heteroatoms. The summed E-state index contributed by atoms with van der Waals surface area (Å²) in [6.07, 6.45) is 0.739. The second kappa shape index (κ2) is 14.8. The molecule has 0 saturated heterocycles. The maximum absolute atomic E-state index is 13.1. The molecule has 0 aromatic heterocycles. The van der Waals surface area contributed by atoms with Crippen LogP contribution in [0.5, 0.6) is 0 Å². The summed E-state index contributed by atoms with van der Waals surface area (Å²) in [6.45, 7) is 1.23. The van der Waals surface area contributed by atoms with Gasteiger partial charge >= 0.3 is 0 Å². The average Bonchev–Trinajstić information content (AvgIpc) is 2.87. The molecule has 0 aliphatic heterocycles. The number of rotatable bonds is 14. The van der Waals surface area contributed by atoms with E-state index in [0.29, 0.717) is 31.6 Å². The fourth-order valence-electron chi connectivity index (χ4n) is 3.66. The van der Waals surface area contributed by atoms with E-state index in [2.05, 4.69) is 10.6 Å². The molecule has 36 heavy (non-hydrogen) atoms. The van der Waals surface area contributed by atoms with Crippen LogP contribution in [0.2, 0.25) is 0 Å². The van der Waals surface area contributed by atoms with E-state index in [1.165, 1.54) is 4.90 Å². The van der Waals surface area contributed by atoms with Crippen LogP contribution in [0.15, 0.2) is 54.6 Å². The van der Waals surface area contributed by atoms with E-state index in [9.17, 15) is 14.4 Å². The second-order valence-corrected chi connectivity index (χ2v) is 8.78. The van der Waals surface area contributed by atoms with Gasteiger partial charge in [-0.15, -0.1) is 0 Å². The Kier molecular flexibility index (Phi) is 11.8. The van der Waals surface area contributed by atoms with Crippen LogP contribution < -0.4 is 32.7 Å². The largest absolute Gasteiger partial charge is 0.378 e. The Morgan fingerprint density at radius 1 is 0.889 bits per heavy atom. The highest BCUT2D eigenvalue weighted by Gasteiger charge is 2.26. The summed E-state index contributed by atoms with van der Waals surface area (Å²) in [6, 6.07) is 15.1. The predicted octanol–water partition coefficient (Wildman–Crippen LogP) is 0.272. The van der Waals surface area contributed by atoms with Gasteiger partial charge in [0.15, 0.2) is 0 Å². The van der Waals surface area contributed by atoms with Crippen molar-refractivity contribution in [3.05, 3.63) is 60.2 Å². The minimum absolute atomic E-state index is 0.204. The average molecular weight is 498 g/mol. The van der Waals surface area contributed by atoms with Crippen LogP contribution in [-0.4, -0.2) is 75.0 Å². The smallest absolute Gasteiger partial charge is 0.246 e. The predicted molar refractivity (Wildman–Crippen MR) is 143 cm³/mol. The summed E-state index contributed by atoms with van der Waals surface area (Å²) < 4.78 is 0. The molecule has 0 saturated carbocycles. The van der Waals surface area contributed by atoms with Gasteiger partial charge in [-0.3, -0.25) is 14.4 Å². The number of nitrogens with one attached hydrogen (secondary N) is 2. The molecule has 10 nitrogen and oxygen atoms in total. The second-order valence-electron chi connectivity index (χ2n) is 8.78. The lowest BCUT2D eigenvalue weighted by Gasteiger charge is -2.24. The maximum atomic E-state index is 13.1. The molecule has 0 aliphatic rings. The van der Waals surface area contributed by atoms with E-state index in [-0.39, 0.29) is 31.3 Å². The van der Waals surface area contributed by atoms with E-state index in [1.54, 1.807) is 12.1 Å². The molecule has 2 unspecified atom stereocenters. The summed E-state index contributed by atoms with van der Waals surface area (Å²) in [5.41, 5.74) is 19.8. The SMILES string of the molecule is CN(C)c1ccc(NC(=O)C(CCc2ccccc2)NC(=O)C(N)CC(=O)N(CCN)CCN)cc1. The molecule has 3 amide bonds. The van der Waals surface area contributed by atoms with Gasteiger partial charge in [-0.25, -0.2) is 0 Å². The molecule has 196 valence electrons. The van der Waals surface area contributed by atoms with Gasteiger partial charge < -0.3 is 37.6 Å². The number of hydrogen-bond donors (Lipinski definition) is 5.